The van der Waals surface area contributed by atoms with Crippen LogP contribution < -0.4 is 5.32 Å². The molecule has 17 heavy (non-hydrogen) atoms. The van der Waals surface area contributed by atoms with Gasteiger partial charge in [0.25, 0.3) is 0 Å². The number of aromatic nitrogens is 2. The van der Waals surface area contributed by atoms with Gasteiger partial charge in [-0.15, -0.1) is 0 Å². The summed E-state index contributed by atoms with van der Waals surface area (Å²) < 4.78 is 1.65. The zero-order chi connectivity index (χ0) is 12.6. The number of aliphatic carboxylic acids is 1. The molecule has 6 heteroatoms. The second-order valence-corrected chi connectivity index (χ2v) is 4.60. The van der Waals surface area contributed by atoms with E-state index in [0.717, 1.165) is 0 Å². The standard InChI is InChI=1S/C11H15N3O3/c1-7(2)14-8(3-6-12-14)13-9(15)11(4-5-11)10(16)17/h3,6-7H,4-5H2,1-2H3,(H,13,15)(H,16,17). The minimum absolute atomic E-state index is 0.111. The van der Waals surface area contributed by atoms with Gasteiger partial charge in [0.2, 0.25) is 5.91 Å². The molecule has 0 saturated heterocycles. The molecular weight excluding hydrogens is 222 g/mol. The van der Waals surface area contributed by atoms with Gasteiger partial charge in [0, 0.05) is 12.1 Å². The third kappa shape index (κ3) is 1.90. The predicted octanol–water partition coefficient (Wildman–Crippen LogP) is 1.27. The summed E-state index contributed by atoms with van der Waals surface area (Å²) in [5.41, 5.74) is -1.22. The molecule has 1 aliphatic rings. The van der Waals surface area contributed by atoms with Crippen LogP contribution in [-0.2, 0) is 9.59 Å². The molecule has 0 bridgehead atoms. The number of hydrogen-bond acceptors (Lipinski definition) is 3. The minimum atomic E-state index is -1.22. The van der Waals surface area contributed by atoms with Crippen LogP contribution in [0.25, 0.3) is 0 Å². The summed E-state index contributed by atoms with van der Waals surface area (Å²) in [6.45, 7) is 3.87. The van der Waals surface area contributed by atoms with E-state index in [1.54, 1.807) is 16.9 Å². The van der Waals surface area contributed by atoms with Gasteiger partial charge in [0.05, 0.1) is 6.20 Å². The van der Waals surface area contributed by atoms with Gasteiger partial charge in [-0.3, -0.25) is 9.59 Å². The Kier molecular flexibility index (Phi) is 2.65. The number of anilines is 1. The van der Waals surface area contributed by atoms with E-state index in [1.807, 2.05) is 13.8 Å². The topological polar surface area (TPSA) is 84.2 Å². The highest BCUT2D eigenvalue weighted by atomic mass is 16.4. The Morgan fingerprint density at radius 3 is 2.65 bits per heavy atom. The minimum Gasteiger partial charge on any atom is -0.480 e. The predicted molar refractivity (Wildman–Crippen MR) is 60.5 cm³/mol. The summed E-state index contributed by atoms with van der Waals surface area (Å²) >= 11 is 0. The molecule has 1 aromatic rings. The van der Waals surface area contributed by atoms with Gasteiger partial charge < -0.3 is 10.4 Å². The molecule has 0 aromatic carbocycles. The molecule has 1 fully saturated rings. The van der Waals surface area contributed by atoms with Crippen molar-refractivity contribution in [3.8, 4) is 0 Å². The summed E-state index contributed by atoms with van der Waals surface area (Å²) in [5.74, 6) is -0.962. The van der Waals surface area contributed by atoms with Gasteiger partial charge in [-0.25, -0.2) is 4.68 Å². The second-order valence-electron chi connectivity index (χ2n) is 4.60. The first-order valence-electron chi connectivity index (χ1n) is 5.56. The largest absolute Gasteiger partial charge is 0.480 e. The molecule has 0 aliphatic heterocycles. The molecular formula is C11H15N3O3. The van der Waals surface area contributed by atoms with Crippen molar-refractivity contribution < 1.29 is 14.7 Å². The quantitative estimate of drug-likeness (QED) is 0.772. The number of carboxylic acid groups (broad SMARTS) is 1. The normalized spacial score (nSPS) is 16.9. The smallest absolute Gasteiger partial charge is 0.319 e. The molecule has 6 nitrogen and oxygen atoms in total. The maximum Gasteiger partial charge on any atom is 0.319 e. The molecule has 2 N–H and O–H groups in total. The Hall–Kier alpha value is -1.85. The number of nitrogens with one attached hydrogen (secondary N) is 1. The number of amides is 1. The van der Waals surface area contributed by atoms with Crippen LogP contribution in [0.15, 0.2) is 12.3 Å². The van der Waals surface area contributed by atoms with Crippen molar-refractivity contribution in [3.63, 3.8) is 0 Å². The number of carbonyl (C=O) groups is 2. The highest BCUT2D eigenvalue weighted by molar-refractivity contribution is 6.10. The molecule has 0 atom stereocenters. The van der Waals surface area contributed by atoms with Crippen LogP contribution in [-0.4, -0.2) is 26.8 Å². The molecule has 1 aromatic heterocycles. The van der Waals surface area contributed by atoms with Gasteiger partial charge >= 0.3 is 5.97 Å². The average molecular weight is 237 g/mol. The summed E-state index contributed by atoms with van der Waals surface area (Å²) in [6, 6.07) is 1.77. The molecule has 92 valence electrons. The average Bonchev–Trinajstić information content (AvgIpc) is 2.94. The molecule has 1 aliphatic carbocycles. The molecule has 1 amide bonds. The van der Waals surface area contributed by atoms with Crippen LogP contribution in [0.2, 0.25) is 0 Å². The maximum atomic E-state index is 11.9. The highest BCUT2D eigenvalue weighted by Crippen LogP contribution is 2.46. The van der Waals surface area contributed by atoms with Gasteiger partial charge in [-0.1, -0.05) is 0 Å². The lowest BCUT2D eigenvalue weighted by molar-refractivity contribution is -0.147. The Morgan fingerprint density at radius 1 is 1.53 bits per heavy atom. The number of hydrogen-bond donors (Lipinski definition) is 2. The van der Waals surface area contributed by atoms with Crippen LogP contribution in [0.4, 0.5) is 5.82 Å². The third-order valence-corrected chi connectivity index (χ3v) is 3.00. The van der Waals surface area contributed by atoms with E-state index in [0.29, 0.717) is 18.7 Å². The van der Waals surface area contributed by atoms with E-state index in [4.69, 9.17) is 5.11 Å². The van der Waals surface area contributed by atoms with E-state index in [-0.39, 0.29) is 6.04 Å². The fourth-order valence-corrected chi connectivity index (χ4v) is 1.72. The Labute approximate surface area is 98.6 Å². The number of rotatable bonds is 4. The van der Waals surface area contributed by atoms with Crippen molar-refractivity contribution in [1.82, 2.24) is 9.78 Å². The first-order valence-corrected chi connectivity index (χ1v) is 5.56. The van der Waals surface area contributed by atoms with Gasteiger partial charge in [0.15, 0.2) is 0 Å². The summed E-state index contributed by atoms with van der Waals surface area (Å²) in [5, 5.41) is 15.7. The van der Waals surface area contributed by atoms with Crippen LogP contribution in [0.1, 0.15) is 32.7 Å². The van der Waals surface area contributed by atoms with Crippen LogP contribution in [0.5, 0.6) is 0 Å². The summed E-state index contributed by atoms with van der Waals surface area (Å²) in [6.07, 6.45) is 2.39. The van der Waals surface area contributed by atoms with E-state index < -0.39 is 17.3 Å². The second kappa shape index (κ2) is 3.87. The zero-order valence-electron chi connectivity index (χ0n) is 9.80. The van der Waals surface area contributed by atoms with Crippen molar-refractivity contribution >= 4 is 17.7 Å². The fourth-order valence-electron chi connectivity index (χ4n) is 1.72. The molecule has 0 unspecified atom stereocenters. The Morgan fingerprint density at radius 2 is 2.18 bits per heavy atom. The molecule has 1 heterocycles. The maximum absolute atomic E-state index is 11.9. The van der Waals surface area contributed by atoms with E-state index in [2.05, 4.69) is 10.4 Å². The molecule has 1 saturated carbocycles. The lowest BCUT2D eigenvalue weighted by Crippen LogP contribution is -2.32. The van der Waals surface area contributed by atoms with E-state index in [1.165, 1.54) is 0 Å². The van der Waals surface area contributed by atoms with Crippen LogP contribution >= 0.6 is 0 Å². The monoisotopic (exact) mass is 237 g/mol. The lowest BCUT2D eigenvalue weighted by atomic mass is 10.1. The SMILES string of the molecule is CC(C)n1nccc1NC(=O)C1(C(=O)O)CC1. The molecule has 2 rings (SSSR count). The Balaban J connectivity index is 2.14. The number of nitrogens with zero attached hydrogens (tertiary/aromatic N) is 2. The fraction of sp³-hybridized carbons (Fsp3) is 0.545. The summed E-state index contributed by atoms with van der Waals surface area (Å²) in [4.78, 5) is 22.9. The van der Waals surface area contributed by atoms with Gasteiger partial charge in [-0.05, 0) is 26.7 Å². The van der Waals surface area contributed by atoms with Gasteiger partial charge in [0.1, 0.15) is 11.2 Å². The van der Waals surface area contributed by atoms with Gasteiger partial charge in [-0.2, -0.15) is 5.10 Å². The zero-order valence-corrected chi connectivity index (χ0v) is 9.80. The van der Waals surface area contributed by atoms with Crippen molar-refractivity contribution in [3.05, 3.63) is 12.3 Å². The van der Waals surface area contributed by atoms with Crippen molar-refractivity contribution in [2.45, 2.75) is 32.7 Å². The highest BCUT2D eigenvalue weighted by Gasteiger charge is 2.57. The third-order valence-electron chi connectivity index (χ3n) is 3.00. The molecule has 0 radical (unpaired) electrons. The molecule has 0 spiro atoms. The van der Waals surface area contributed by atoms with Crippen molar-refractivity contribution in [1.29, 1.82) is 0 Å². The Bertz CT molecular complexity index is 460. The summed E-state index contributed by atoms with van der Waals surface area (Å²) in [7, 11) is 0. The van der Waals surface area contributed by atoms with Crippen LogP contribution in [0.3, 0.4) is 0 Å². The number of carboxylic acids is 1. The first kappa shape index (κ1) is 11.6. The number of carbonyl (C=O) groups excluding carboxylic acids is 1. The van der Waals surface area contributed by atoms with Crippen molar-refractivity contribution in [2.24, 2.45) is 5.41 Å². The van der Waals surface area contributed by atoms with E-state index in [9.17, 15) is 9.59 Å². The van der Waals surface area contributed by atoms with E-state index >= 15 is 0 Å². The lowest BCUT2D eigenvalue weighted by Gasteiger charge is -2.14. The first-order chi connectivity index (χ1) is 7.97. The van der Waals surface area contributed by atoms with Crippen LogP contribution in [0, 0.1) is 5.41 Å². The van der Waals surface area contributed by atoms with Crippen molar-refractivity contribution in [2.75, 3.05) is 5.32 Å².